The molecule has 0 aromatic rings. The highest BCUT2D eigenvalue weighted by Crippen LogP contribution is 2.25. The molecule has 7 heteroatoms. The second-order valence-corrected chi connectivity index (χ2v) is 3.80. The van der Waals surface area contributed by atoms with Crippen LogP contribution >= 0.6 is 12.4 Å². The maximum atomic E-state index is 12.1. The standard InChI is InChI=1S/C9H15F3N2O.ClH/c1-6(9(10,11)12)8(15)14-5-7-3-2-4-13-7;/h6-7,13H,2-5H2,1H3,(H,14,15);1H. The van der Waals surface area contributed by atoms with E-state index in [1.165, 1.54) is 0 Å². The second-order valence-electron chi connectivity index (χ2n) is 3.80. The minimum Gasteiger partial charge on any atom is -0.354 e. The molecular weight excluding hydrogens is 245 g/mol. The zero-order valence-electron chi connectivity index (χ0n) is 8.93. The Morgan fingerprint density at radius 1 is 1.56 bits per heavy atom. The van der Waals surface area contributed by atoms with E-state index >= 15 is 0 Å². The molecule has 0 aromatic heterocycles. The first-order valence-electron chi connectivity index (χ1n) is 4.99. The third kappa shape index (κ3) is 4.57. The van der Waals surface area contributed by atoms with Gasteiger partial charge in [-0.15, -0.1) is 12.4 Å². The Morgan fingerprint density at radius 2 is 2.19 bits per heavy atom. The summed E-state index contributed by atoms with van der Waals surface area (Å²) in [6.07, 6.45) is -2.54. The zero-order chi connectivity index (χ0) is 11.5. The molecule has 1 heterocycles. The van der Waals surface area contributed by atoms with Gasteiger partial charge in [0.25, 0.3) is 0 Å². The van der Waals surface area contributed by atoms with Crippen LogP contribution in [-0.4, -0.2) is 31.2 Å². The maximum absolute atomic E-state index is 12.1. The number of rotatable bonds is 3. The van der Waals surface area contributed by atoms with Crippen LogP contribution in [0.1, 0.15) is 19.8 Å². The van der Waals surface area contributed by atoms with Crippen molar-refractivity contribution in [3.05, 3.63) is 0 Å². The Kier molecular flexibility index (Phi) is 6.10. The largest absolute Gasteiger partial charge is 0.400 e. The summed E-state index contributed by atoms with van der Waals surface area (Å²) in [6.45, 7) is 2.02. The highest BCUT2D eigenvalue weighted by molar-refractivity contribution is 5.85. The van der Waals surface area contributed by atoms with E-state index < -0.39 is 18.0 Å². The topological polar surface area (TPSA) is 41.1 Å². The summed E-state index contributed by atoms with van der Waals surface area (Å²) in [4.78, 5) is 11.1. The molecule has 0 saturated carbocycles. The normalized spacial score (nSPS) is 22.4. The highest BCUT2D eigenvalue weighted by Gasteiger charge is 2.41. The number of nitrogens with one attached hydrogen (secondary N) is 2. The lowest BCUT2D eigenvalue weighted by molar-refractivity contribution is -0.178. The number of amides is 1. The molecule has 1 rings (SSSR count). The van der Waals surface area contributed by atoms with E-state index in [0.29, 0.717) is 0 Å². The molecule has 3 nitrogen and oxygen atoms in total. The molecule has 1 amide bonds. The number of carbonyl (C=O) groups is 1. The molecule has 0 bridgehead atoms. The Balaban J connectivity index is 0.00000225. The fraction of sp³-hybridized carbons (Fsp3) is 0.889. The van der Waals surface area contributed by atoms with Crippen LogP contribution in [0.15, 0.2) is 0 Å². The molecular formula is C9H16ClF3N2O. The van der Waals surface area contributed by atoms with Crippen molar-refractivity contribution in [3.8, 4) is 0 Å². The van der Waals surface area contributed by atoms with E-state index in [1.807, 2.05) is 0 Å². The molecule has 2 unspecified atom stereocenters. The number of carbonyl (C=O) groups excluding carboxylic acids is 1. The summed E-state index contributed by atoms with van der Waals surface area (Å²) in [7, 11) is 0. The van der Waals surface area contributed by atoms with Crippen LogP contribution in [0.5, 0.6) is 0 Å². The molecule has 1 aliphatic heterocycles. The van der Waals surface area contributed by atoms with Crippen LogP contribution in [0.25, 0.3) is 0 Å². The van der Waals surface area contributed by atoms with Crippen LogP contribution in [0, 0.1) is 5.92 Å². The third-order valence-corrected chi connectivity index (χ3v) is 2.57. The number of alkyl halides is 3. The van der Waals surface area contributed by atoms with Gasteiger partial charge in [-0.3, -0.25) is 4.79 Å². The smallest absolute Gasteiger partial charge is 0.354 e. The number of halogens is 4. The average molecular weight is 261 g/mol. The summed E-state index contributed by atoms with van der Waals surface area (Å²) in [5.41, 5.74) is 0. The fourth-order valence-corrected chi connectivity index (χ4v) is 1.46. The third-order valence-electron chi connectivity index (χ3n) is 2.57. The van der Waals surface area contributed by atoms with Gasteiger partial charge in [0.2, 0.25) is 5.91 Å². The van der Waals surface area contributed by atoms with Gasteiger partial charge >= 0.3 is 6.18 Å². The quantitative estimate of drug-likeness (QED) is 0.807. The summed E-state index contributed by atoms with van der Waals surface area (Å²) in [6, 6.07) is 0.120. The van der Waals surface area contributed by atoms with E-state index in [-0.39, 0.29) is 25.0 Å². The molecule has 0 aliphatic carbocycles. The van der Waals surface area contributed by atoms with Gasteiger partial charge in [0, 0.05) is 12.6 Å². The van der Waals surface area contributed by atoms with Gasteiger partial charge in [-0.05, 0) is 26.3 Å². The monoisotopic (exact) mass is 260 g/mol. The van der Waals surface area contributed by atoms with Crippen molar-refractivity contribution in [1.29, 1.82) is 0 Å². The predicted molar refractivity (Wildman–Crippen MR) is 56.5 cm³/mol. The van der Waals surface area contributed by atoms with Crippen molar-refractivity contribution in [2.75, 3.05) is 13.1 Å². The van der Waals surface area contributed by atoms with E-state index in [9.17, 15) is 18.0 Å². The minimum absolute atomic E-state index is 0. The Morgan fingerprint density at radius 3 is 2.62 bits per heavy atom. The van der Waals surface area contributed by atoms with Gasteiger partial charge in [0.15, 0.2) is 0 Å². The summed E-state index contributed by atoms with van der Waals surface area (Å²) < 4.78 is 36.4. The van der Waals surface area contributed by atoms with Crippen LogP contribution in [0.4, 0.5) is 13.2 Å². The van der Waals surface area contributed by atoms with E-state index in [1.54, 1.807) is 0 Å². The summed E-state index contributed by atoms with van der Waals surface area (Å²) in [5, 5.41) is 5.40. The molecule has 2 atom stereocenters. The van der Waals surface area contributed by atoms with E-state index in [2.05, 4.69) is 10.6 Å². The molecule has 96 valence electrons. The molecule has 0 aromatic carbocycles. The average Bonchev–Trinajstić information content (AvgIpc) is 2.63. The SMILES string of the molecule is CC(C(=O)NCC1CCCN1)C(F)(F)F.Cl. The van der Waals surface area contributed by atoms with Gasteiger partial charge in [-0.2, -0.15) is 13.2 Å². The molecule has 0 spiro atoms. The zero-order valence-corrected chi connectivity index (χ0v) is 9.75. The summed E-state index contributed by atoms with van der Waals surface area (Å²) >= 11 is 0. The molecule has 1 fully saturated rings. The van der Waals surface area contributed by atoms with Crippen molar-refractivity contribution in [3.63, 3.8) is 0 Å². The molecule has 1 aliphatic rings. The first kappa shape index (κ1) is 15.5. The van der Waals surface area contributed by atoms with Crippen molar-refractivity contribution >= 4 is 18.3 Å². The lowest BCUT2D eigenvalue weighted by Crippen LogP contribution is -2.43. The van der Waals surface area contributed by atoms with E-state index in [0.717, 1.165) is 26.3 Å². The lowest BCUT2D eigenvalue weighted by Gasteiger charge is -2.17. The first-order chi connectivity index (χ1) is 6.91. The maximum Gasteiger partial charge on any atom is 0.400 e. The van der Waals surface area contributed by atoms with Gasteiger partial charge in [-0.25, -0.2) is 0 Å². The highest BCUT2D eigenvalue weighted by atomic mass is 35.5. The van der Waals surface area contributed by atoms with Crippen molar-refractivity contribution in [2.24, 2.45) is 5.92 Å². The van der Waals surface area contributed by atoms with Gasteiger partial charge < -0.3 is 10.6 Å². The van der Waals surface area contributed by atoms with Crippen LogP contribution < -0.4 is 10.6 Å². The van der Waals surface area contributed by atoms with Gasteiger partial charge in [0.05, 0.1) is 0 Å². The van der Waals surface area contributed by atoms with Crippen LogP contribution in [0.2, 0.25) is 0 Å². The number of hydrogen-bond donors (Lipinski definition) is 2. The van der Waals surface area contributed by atoms with Crippen molar-refractivity contribution < 1.29 is 18.0 Å². The Hall–Kier alpha value is -0.490. The molecule has 2 N–H and O–H groups in total. The minimum atomic E-state index is -4.45. The molecule has 0 radical (unpaired) electrons. The van der Waals surface area contributed by atoms with Gasteiger partial charge in [-0.1, -0.05) is 0 Å². The molecule has 16 heavy (non-hydrogen) atoms. The Bertz CT molecular complexity index is 229. The van der Waals surface area contributed by atoms with E-state index in [4.69, 9.17) is 0 Å². The predicted octanol–water partition coefficient (Wildman–Crippen LogP) is 1.47. The fourth-order valence-electron chi connectivity index (χ4n) is 1.46. The lowest BCUT2D eigenvalue weighted by atomic mass is 10.1. The van der Waals surface area contributed by atoms with Crippen LogP contribution in [0.3, 0.4) is 0 Å². The first-order valence-corrected chi connectivity index (χ1v) is 4.99. The molecule has 1 saturated heterocycles. The summed E-state index contributed by atoms with van der Waals surface area (Å²) in [5.74, 6) is -2.88. The Labute approximate surface area is 98.6 Å². The second kappa shape index (κ2) is 6.30. The van der Waals surface area contributed by atoms with Crippen molar-refractivity contribution in [2.45, 2.75) is 32.0 Å². The number of hydrogen-bond acceptors (Lipinski definition) is 2. The van der Waals surface area contributed by atoms with Crippen molar-refractivity contribution in [1.82, 2.24) is 10.6 Å². The van der Waals surface area contributed by atoms with Gasteiger partial charge in [0.1, 0.15) is 5.92 Å². The van der Waals surface area contributed by atoms with Crippen LogP contribution in [-0.2, 0) is 4.79 Å².